The minimum Gasteiger partial charge on any atom is -0.359 e. The topological polar surface area (TPSA) is 27.0 Å². The molecule has 0 bridgehead atoms. The van der Waals surface area contributed by atoms with Gasteiger partial charge in [0.25, 0.3) is 0 Å². The van der Waals surface area contributed by atoms with Crippen LogP contribution >= 0.6 is 11.6 Å². The number of rotatable bonds is 2. The molecule has 1 unspecified atom stereocenters. The van der Waals surface area contributed by atoms with Crippen molar-refractivity contribution in [3.8, 4) is 6.07 Å². The highest BCUT2D eigenvalue weighted by molar-refractivity contribution is 6.33. The molecule has 0 radical (unpaired) electrons. The molecule has 0 aliphatic carbocycles. The van der Waals surface area contributed by atoms with Crippen molar-refractivity contribution in [3.63, 3.8) is 0 Å². The molecule has 1 aliphatic rings. The molecule has 2 nitrogen and oxygen atoms in total. The van der Waals surface area contributed by atoms with E-state index in [1.807, 2.05) is 13.0 Å². The van der Waals surface area contributed by atoms with Crippen LogP contribution < -0.4 is 4.90 Å². The second-order valence-electron chi connectivity index (χ2n) is 4.55. The quantitative estimate of drug-likeness (QED) is 0.825. The normalized spacial score (nSPS) is 18.3. The summed E-state index contributed by atoms with van der Waals surface area (Å²) in [6, 6.07) is 4.76. The minimum atomic E-state index is -4.25. The van der Waals surface area contributed by atoms with E-state index in [1.165, 1.54) is 11.0 Å². The molecule has 0 fully saturated rings. The summed E-state index contributed by atoms with van der Waals surface area (Å²) >= 11 is 6.08. The van der Waals surface area contributed by atoms with Crippen molar-refractivity contribution >= 4 is 17.3 Å². The van der Waals surface area contributed by atoms with Gasteiger partial charge in [0.05, 0.1) is 10.6 Å². The van der Waals surface area contributed by atoms with E-state index in [2.05, 4.69) is 0 Å². The molecule has 1 aliphatic heterocycles. The number of hydrogen-bond donors (Lipinski definition) is 0. The van der Waals surface area contributed by atoms with E-state index in [9.17, 15) is 13.2 Å². The molecule has 102 valence electrons. The molecule has 0 saturated heterocycles. The number of nitriles is 1. The van der Waals surface area contributed by atoms with Crippen LogP contribution in [0.2, 0.25) is 5.02 Å². The van der Waals surface area contributed by atoms with Gasteiger partial charge >= 0.3 is 6.18 Å². The van der Waals surface area contributed by atoms with Gasteiger partial charge in [-0.15, -0.1) is 0 Å². The Bertz CT molecular complexity index is 534. The first kappa shape index (κ1) is 14.0. The number of fused-ring (bicyclic) bond motifs is 1. The molecule has 1 atom stereocenters. The lowest BCUT2D eigenvalue weighted by atomic mass is 10.1. The van der Waals surface area contributed by atoms with Gasteiger partial charge in [0, 0.05) is 11.7 Å². The van der Waals surface area contributed by atoms with Crippen molar-refractivity contribution in [3.05, 3.63) is 28.3 Å². The Labute approximate surface area is 114 Å². The smallest absolute Gasteiger partial charge is 0.359 e. The monoisotopic (exact) mass is 288 g/mol. The largest absolute Gasteiger partial charge is 0.405 e. The van der Waals surface area contributed by atoms with Crippen LogP contribution in [-0.4, -0.2) is 18.8 Å². The number of halogens is 4. The summed E-state index contributed by atoms with van der Waals surface area (Å²) in [5.74, 6) is 0. The van der Waals surface area contributed by atoms with Gasteiger partial charge in [-0.3, -0.25) is 0 Å². The molecule has 2 rings (SSSR count). The summed E-state index contributed by atoms with van der Waals surface area (Å²) in [5.41, 5.74) is 1.45. The first-order chi connectivity index (χ1) is 8.87. The third-order valence-electron chi connectivity index (χ3n) is 3.35. The Kier molecular flexibility index (Phi) is 3.64. The maximum atomic E-state index is 12.6. The van der Waals surface area contributed by atoms with Crippen LogP contribution in [0.5, 0.6) is 0 Å². The third kappa shape index (κ3) is 2.64. The predicted molar refractivity (Wildman–Crippen MR) is 67.4 cm³/mol. The van der Waals surface area contributed by atoms with Gasteiger partial charge in [0.15, 0.2) is 0 Å². The van der Waals surface area contributed by atoms with Crippen LogP contribution in [0.25, 0.3) is 0 Å². The zero-order chi connectivity index (χ0) is 14.2. The molecule has 0 spiro atoms. The van der Waals surface area contributed by atoms with E-state index in [-0.39, 0.29) is 11.1 Å². The summed E-state index contributed by atoms with van der Waals surface area (Å²) < 4.78 is 37.9. The van der Waals surface area contributed by atoms with Crippen LogP contribution in [0, 0.1) is 11.3 Å². The molecule has 0 aromatic heterocycles. The number of benzene rings is 1. The van der Waals surface area contributed by atoms with Crippen molar-refractivity contribution in [1.29, 1.82) is 5.26 Å². The molecular weight excluding hydrogens is 277 g/mol. The summed E-state index contributed by atoms with van der Waals surface area (Å²) in [7, 11) is 0. The van der Waals surface area contributed by atoms with Crippen LogP contribution in [0.4, 0.5) is 18.9 Å². The molecular formula is C13H12ClF3N2. The SMILES string of the molecule is CCC1Cc2c(ccc(C#N)c2Cl)N1CC(F)(F)F. The van der Waals surface area contributed by atoms with Gasteiger partial charge in [-0.2, -0.15) is 18.4 Å². The van der Waals surface area contributed by atoms with Crippen molar-refractivity contribution < 1.29 is 13.2 Å². The van der Waals surface area contributed by atoms with Crippen LogP contribution in [0.1, 0.15) is 24.5 Å². The number of hydrogen-bond acceptors (Lipinski definition) is 2. The Balaban J connectivity index is 2.43. The van der Waals surface area contributed by atoms with Crippen molar-refractivity contribution in [2.75, 3.05) is 11.4 Å². The lowest BCUT2D eigenvalue weighted by Gasteiger charge is -2.27. The molecule has 1 heterocycles. The average molecular weight is 289 g/mol. The first-order valence-corrected chi connectivity index (χ1v) is 6.30. The van der Waals surface area contributed by atoms with Gasteiger partial charge in [0.2, 0.25) is 0 Å². The molecule has 6 heteroatoms. The van der Waals surface area contributed by atoms with Gasteiger partial charge in [-0.25, -0.2) is 0 Å². The van der Waals surface area contributed by atoms with Crippen LogP contribution in [0.3, 0.4) is 0 Å². The lowest BCUT2D eigenvalue weighted by molar-refractivity contribution is -0.120. The van der Waals surface area contributed by atoms with E-state index in [0.717, 1.165) is 0 Å². The molecule has 0 saturated carbocycles. The number of nitrogens with zero attached hydrogens (tertiary/aromatic N) is 2. The Morgan fingerprint density at radius 1 is 1.47 bits per heavy atom. The second kappa shape index (κ2) is 4.93. The van der Waals surface area contributed by atoms with E-state index in [4.69, 9.17) is 16.9 Å². The first-order valence-electron chi connectivity index (χ1n) is 5.92. The Morgan fingerprint density at radius 3 is 2.68 bits per heavy atom. The van der Waals surface area contributed by atoms with Crippen molar-refractivity contribution in [2.45, 2.75) is 32.0 Å². The molecule has 0 amide bonds. The van der Waals surface area contributed by atoms with E-state index in [0.29, 0.717) is 29.7 Å². The maximum Gasteiger partial charge on any atom is 0.405 e. The fourth-order valence-electron chi connectivity index (χ4n) is 2.48. The minimum absolute atomic E-state index is 0.219. The highest BCUT2D eigenvalue weighted by Gasteiger charge is 2.38. The predicted octanol–water partition coefficient (Wildman–Crippen LogP) is 3.92. The van der Waals surface area contributed by atoms with Crippen molar-refractivity contribution in [2.24, 2.45) is 0 Å². The van der Waals surface area contributed by atoms with Gasteiger partial charge in [-0.1, -0.05) is 18.5 Å². The third-order valence-corrected chi connectivity index (χ3v) is 3.78. The lowest BCUT2D eigenvalue weighted by Crippen LogP contribution is -2.39. The molecule has 19 heavy (non-hydrogen) atoms. The zero-order valence-corrected chi connectivity index (χ0v) is 11.0. The van der Waals surface area contributed by atoms with E-state index < -0.39 is 12.7 Å². The fraction of sp³-hybridized carbons (Fsp3) is 0.462. The van der Waals surface area contributed by atoms with Crippen LogP contribution in [-0.2, 0) is 6.42 Å². The number of alkyl halides is 3. The van der Waals surface area contributed by atoms with Gasteiger partial charge in [-0.05, 0) is 30.5 Å². The summed E-state index contributed by atoms with van der Waals surface area (Å²) in [4.78, 5) is 1.34. The second-order valence-corrected chi connectivity index (χ2v) is 4.92. The molecule has 0 N–H and O–H groups in total. The van der Waals surface area contributed by atoms with Crippen molar-refractivity contribution in [1.82, 2.24) is 0 Å². The Morgan fingerprint density at radius 2 is 2.16 bits per heavy atom. The number of anilines is 1. The van der Waals surface area contributed by atoms with E-state index in [1.54, 1.807) is 6.07 Å². The Hall–Kier alpha value is -1.41. The van der Waals surface area contributed by atoms with Crippen LogP contribution in [0.15, 0.2) is 12.1 Å². The molecule has 1 aromatic carbocycles. The molecule has 1 aromatic rings. The highest BCUT2D eigenvalue weighted by atomic mass is 35.5. The highest BCUT2D eigenvalue weighted by Crippen LogP contribution is 2.40. The summed E-state index contributed by atoms with van der Waals surface area (Å²) in [6.45, 7) is 0.861. The standard InChI is InChI=1S/C13H12ClF3N2/c1-2-9-5-10-11(19(9)7-13(15,16)17)4-3-8(6-18)12(10)14/h3-4,9H,2,5,7H2,1H3. The average Bonchev–Trinajstić information content (AvgIpc) is 2.67. The summed E-state index contributed by atoms with van der Waals surface area (Å²) in [6.07, 6.45) is -3.20. The van der Waals surface area contributed by atoms with Gasteiger partial charge in [0.1, 0.15) is 12.6 Å². The van der Waals surface area contributed by atoms with Gasteiger partial charge < -0.3 is 4.90 Å². The summed E-state index contributed by atoms with van der Waals surface area (Å²) in [5, 5.41) is 9.18. The zero-order valence-electron chi connectivity index (χ0n) is 10.3. The maximum absolute atomic E-state index is 12.6. The fourth-order valence-corrected chi connectivity index (χ4v) is 2.75. The van der Waals surface area contributed by atoms with E-state index >= 15 is 0 Å².